The Morgan fingerprint density at radius 1 is 0.545 bits per heavy atom. The molecule has 3 aromatic rings. The molecule has 2 N–H and O–H groups in total. The molecule has 0 spiro atoms. The standard InChI is InChI=1S/C19H18O2S/c20-19(21,16-10-4-1-5-11-16)22(17-12-6-2-7-13-17)18-14-8-3-9-15-18/h1-15,20-22H. The summed E-state index contributed by atoms with van der Waals surface area (Å²) in [5.74, 6) is 0. The molecular formula is C19H18O2S. The lowest BCUT2D eigenvalue weighted by atomic mass is 10.2. The van der Waals surface area contributed by atoms with Crippen molar-refractivity contribution < 1.29 is 10.2 Å². The van der Waals surface area contributed by atoms with E-state index >= 15 is 0 Å². The van der Waals surface area contributed by atoms with Gasteiger partial charge in [-0.1, -0.05) is 66.7 Å². The maximum Gasteiger partial charge on any atom is 0.230 e. The van der Waals surface area contributed by atoms with Gasteiger partial charge in [-0.25, -0.2) is 0 Å². The molecule has 0 heterocycles. The molecule has 3 aromatic carbocycles. The Morgan fingerprint density at radius 2 is 0.909 bits per heavy atom. The van der Waals surface area contributed by atoms with Gasteiger partial charge in [-0.15, -0.1) is 10.9 Å². The van der Waals surface area contributed by atoms with Gasteiger partial charge in [0.05, 0.1) is 0 Å². The first kappa shape index (κ1) is 14.9. The number of aliphatic hydroxyl groups is 2. The second-order valence-electron chi connectivity index (χ2n) is 5.01. The van der Waals surface area contributed by atoms with Gasteiger partial charge in [-0.3, -0.25) is 0 Å². The monoisotopic (exact) mass is 310 g/mol. The van der Waals surface area contributed by atoms with Crippen molar-refractivity contribution in [2.75, 3.05) is 0 Å². The van der Waals surface area contributed by atoms with Crippen molar-refractivity contribution in [3.63, 3.8) is 0 Å². The van der Waals surface area contributed by atoms with Gasteiger partial charge in [0, 0.05) is 5.56 Å². The predicted octanol–water partition coefficient (Wildman–Crippen LogP) is 3.90. The van der Waals surface area contributed by atoms with Crippen LogP contribution in [0.5, 0.6) is 0 Å². The predicted molar refractivity (Wildman–Crippen MR) is 91.0 cm³/mol. The maximum absolute atomic E-state index is 10.9. The first-order chi connectivity index (χ1) is 10.7. The molecule has 3 rings (SSSR count). The fraction of sp³-hybridized carbons (Fsp3) is 0.0526. The molecule has 0 unspecified atom stereocenters. The summed E-state index contributed by atoms with van der Waals surface area (Å²) < 4.78 is 0. The quantitative estimate of drug-likeness (QED) is 0.505. The van der Waals surface area contributed by atoms with Crippen LogP contribution in [0.25, 0.3) is 0 Å². The third-order valence-corrected chi connectivity index (χ3v) is 6.01. The molecule has 2 nitrogen and oxygen atoms in total. The molecule has 0 aliphatic carbocycles. The van der Waals surface area contributed by atoms with Crippen molar-refractivity contribution in [2.24, 2.45) is 0 Å². The van der Waals surface area contributed by atoms with E-state index in [4.69, 9.17) is 0 Å². The van der Waals surface area contributed by atoms with Crippen molar-refractivity contribution in [3.8, 4) is 0 Å². The van der Waals surface area contributed by atoms with Crippen molar-refractivity contribution >= 4 is 10.9 Å². The van der Waals surface area contributed by atoms with Gasteiger partial charge in [0.1, 0.15) is 0 Å². The number of hydrogen-bond donors (Lipinski definition) is 3. The van der Waals surface area contributed by atoms with E-state index in [0.29, 0.717) is 5.56 Å². The Bertz CT molecular complexity index is 673. The Kier molecular flexibility index (Phi) is 4.29. The van der Waals surface area contributed by atoms with Crippen molar-refractivity contribution in [1.82, 2.24) is 0 Å². The highest BCUT2D eigenvalue weighted by Gasteiger charge is 2.35. The average Bonchev–Trinajstić information content (AvgIpc) is 2.58. The zero-order chi connectivity index (χ0) is 15.4. The zero-order valence-corrected chi connectivity index (χ0v) is 12.9. The van der Waals surface area contributed by atoms with Crippen LogP contribution in [0.15, 0.2) is 101 Å². The molecule has 0 radical (unpaired) electrons. The van der Waals surface area contributed by atoms with Crippen molar-refractivity contribution in [1.29, 1.82) is 0 Å². The van der Waals surface area contributed by atoms with Crippen LogP contribution in [0.4, 0.5) is 0 Å². The topological polar surface area (TPSA) is 40.5 Å². The number of hydrogen-bond acceptors (Lipinski definition) is 2. The second-order valence-corrected chi connectivity index (χ2v) is 7.34. The van der Waals surface area contributed by atoms with Gasteiger partial charge in [0.15, 0.2) is 0 Å². The summed E-state index contributed by atoms with van der Waals surface area (Å²) >= 11 is 0. The SMILES string of the molecule is OC(O)(c1ccccc1)[SH](c1ccccc1)c1ccccc1. The molecule has 0 amide bonds. The lowest BCUT2D eigenvalue weighted by Gasteiger charge is -2.35. The minimum Gasteiger partial charge on any atom is -0.354 e. The van der Waals surface area contributed by atoms with Crippen LogP contribution in [0.3, 0.4) is 0 Å². The Labute approximate surface area is 133 Å². The number of rotatable bonds is 4. The molecule has 22 heavy (non-hydrogen) atoms. The molecule has 0 saturated heterocycles. The largest absolute Gasteiger partial charge is 0.354 e. The lowest BCUT2D eigenvalue weighted by molar-refractivity contribution is -0.0841. The maximum atomic E-state index is 10.9. The van der Waals surface area contributed by atoms with Crippen LogP contribution in [0.2, 0.25) is 0 Å². The lowest BCUT2D eigenvalue weighted by Crippen LogP contribution is -2.25. The third kappa shape index (κ3) is 2.92. The van der Waals surface area contributed by atoms with Crippen LogP contribution >= 0.6 is 10.9 Å². The van der Waals surface area contributed by atoms with Gasteiger partial charge in [-0.05, 0) is 34.1 Å². The molecular weight excluding hydrogens is 292 g/mol. The van der Waals surface area contributed by atoms with Gasteiger partial charge in [0.2, 0.25) is 5.12 Å². The van der Waals surface area contributed by atoms with Gasteiger partial charge in [-0.2, -0.15) is 0 Å². The first-order valence-electron chi connectivity index (χ1n) is 7.10. The van der Waals surface area contributed by atoms with Crippen LogP contribution in [0.1, 0.15) is 5.56 Å². The molecule has 3 heteroatoms. The van der Waals surface area contributed by atoms with Gasteiger partial charge in [0.25, 0.3) is 0 Å². The van der Waals surface area contributed by atoms with E-state index in [2.05, 4.69) is 0 Å². The van der Waals surface area contributed by atoms with Crippen LogP contribution in [-0.2, 0) is 5.12 Å². The summed E-state index contributed by atoms with van der Waals surface area (Å²) in [7, 11) is -1.36. The summed E-state index contributed by atoms with van der Waals surface area (Å²) in [5.41, 5.74) is 0.508. The van der Waals surface area contributed by atoms with Crippen molar-refractivity contribution in [3.05, 3.63) is 96.6 Å². The van der Waals surface area contributed by atoms with E-state index in [-0.39, 0.29) is 0 Å². The number of thiol groups is 1. The highest BCUT2D eigenvalue weighted by Crippen LogP contribution is 2.56. The summed E-state index contributed by atoms with van der Waals surface area (Å²) in [6.07, 6.45) is 0. The van der Waals surface area contributed by atoms with Crippen LogP contribution < -0.4 is 0 Å². The molecule has 0 aliphatic heterocycles. The fourth-order valence-corrected chi connectivity index (χ4v) is 4.82. The van der Waals surface area contributed by atoms with E-state index in [9.17, 15) is 10.2 Å². The molecule has 0 bridgehead atoms. The van der Waals surface area contributed by atoms with Crippen molar-refractivity contribution in [2.45, 2.75) is 14.9 Å². The molecule has 0 atom stereocenters. The third-order valence-electron chi connectivity index (χ3n) is 3.50. The zero-order valence-electron chi connectivity index (χ0n) is 12.0. The molecule has 0 fully saturated rings. The smallest absolute Gasteiger partial charge is 0.230 e. The van der Waals surface area contributed by atoms with E-state index in [1.165, 1.54) is 0 Å². The summed E-state index contributed by atoms with van der Waals surface area (Å²) in [6.45, 7) is 0. The second kappa shape index (κ2) is 6.36. The summed E-state index contributed by atoms with van der Waals surface area (Å²) in [6, 6.07) is 28.4. The molecule has 112 valence electrons. The van der Waals surface area contributed by atoms with E-state index in [1.807, 2.05) is 78.9 Å². The van der Waals surface area contributed by atoms with E-state index in [1.54, 1.807) is 12.1 Å². The fourth-order valence-electron chi connectivity index (χ4n) is 2.45. The van der Waals surface area contributed by atoms with Gasteiger partial charge < -0.3 is 10.2 Å². The summed E-state index contributed by atoms with van der Waals surface area (Å²) in [5, 5.41) is 20.0. The van der Waals surface area contributed by atoms with Crippen LogP contribution in [-0.4, -0.2) is 10.2 Å². The Hall–Kier alpha value is -2.07. The minimum atomic E-state index is -1.92. The summed E-state index contributed by atoms with van der Waals surface area (Å²) in [4.78, 5) is 1.86. The van der Waals surface area contributed by atoms with E-state index in [0.717, 1.165) is 9.79 Å². The molecule has 0 saturated carbocycles. The molecule has 0 aromatic heterocycles. The normalized spacial score (nSPS) is 12.0. The highest BCUT2D eigenvalue weighted by atomic mass is 32.2. The Balaban J connectivity index is 2.14. The minimum absolute atomic E-state index is 0.508. The van der Waals surface area contributed by atoms with Gasteiger partial charge >= 0.3 is 0 Å². The van der Waals surface area contributed by atoms with E-state index < -0.39 is 16.0 Å². The number of benzene rings is 3. The Morgan fingerprint density at radius 3 is 1.32 bits per heavy atom. The van der Waals surface area contributed by atoms with Crippen LogP contribution in [0, 0.1) is 0 Å². The highest BCUT2D eigenvalue weighted by molar-refractivity contribution is 8.17. The average molecular weight is 310 g/mol. The first-order valence-corrected chi connectivity index (χ1v) is 8.44. The molecule has 0 aliphatic rings.